The van der Waals surface area contributed by atoms with Crippen LogP contribution < -0.4 is 10.2 Å². The Kier molecular flexibility index (Phi) is 6.04. The Bertz CT molecular complexity index is 703. The molecule has 0 unspecified atom stereocenters. The van der Waals surface area contributed by atoms with E-state index < -0.39 is 5.82 Å². The van der Waals surface area contributed by atoms with Gasteiger partial charge in [0.1, 0.15) is 0 Å². The molecule has 0 aliphatic heterocycles. The van der Waals surface area contributed by atoms with Crippen molar-refractivity contribution in [2.75, 3.05) is 19.1 Å². The normalized spacial score (nSPS) is 10.7. The Morgan fingerprint density at radius 1 is 1.52 bits per heavy atom. The van der Waals surface area contributed by atoms with Gasteiger partial charge in [-0.2, -0.15) is 5.10 Å². The SMILES string of the molecule is CCOC(=O)Cc1csc(NN=Cc2ccc(F)c(OC)c2)n1. The maximum atomic E-state index is 13.3. The summed E-state index contributed by atoms with van der Waals surface area (Å²) in [6, 6.07) is 4.42. The Hall–Kier alpha value is -2.48. The molecule has 1 aromatic heterocycles. The van der Waals surface area contributed by atoms with Gasteiger partial charge < -0.3 is 9.47 Å². The maximum Gasteiger partial charge on any atom is 0.311 e. The first kappa shape index (κ1) is 16.9. The van der Waals surface area contributed by atoms with Crippen molar-refractivity contribution in [3.63, 3.8) is 0 Å². The van der Waals surface area contributed by atoms with Crippen molar-refractivity contribution in [2.45, 2.75) is 13.3 Å². The number of ether oxygens (including phenoxy) is 2. The zero-order valence-electron chi connectivity index (χ0n) is 12.7. The van der Waals surface area contributed by atoms with Crippen molar-refractivity contribution < 1.29 is 18.7 Å². The summed E-state index contributed by atoms with van der Waals surface area (Å²) in [5, 5.41) is 6.33. The lowest BCUT2D eigenvalue weighted by molar-refractivity contribution is -0.142. The summed E-state index contributed by atoms with van der Waals surface area (Å²) >= 11 is 1.33. The summed E-state index contributed by atoms with van der Waals surface area (Å²) in [5.74, 6) is -0.590. The van der Waals surface area contributed by atoms with E-state index in [1.165, 1.54) is 36.8 Å². The highest BCUT2D eigenvalue weighted by molar-refractivity contribution is 7.13. The predicted molar refractivity (Wildman–Crippen MR) is 86.6 cm³/mol. The second-order valence-electron chi connectivity index (χ2n) is 4.39. The highest BCUT2D eigenvalue weighted by Crippen LogP contribution is 2.18. The van der Waals surface area contributed by atoms with Crippen LogP contribution >= 0.6 is 11.3 Å². The van der Waals surface area contributed by atoms with Crippen LogP contribution in [-0.4, -0.2) is 30.9 Å². The number of carbonyl (C=O) groups excluding carboxylic acids is 1. The molecule has 2 aromatic rings. The molecule has 6 nitrogen and oxygen atoms in total. The zero-order valence-corrected chi connectivity index (χ0v) is 13.5. The van der Waals surface area contributed by atoms with E-state index in [1.54, 1.807) is 18.4 Å². The number of benzene rings is 1. The molecule has 8 heteroatoms. The molecule has 0 bridgehead atoms. The highest BCUT2D eigenvalue weighted by atomic mass is 32.1. The molecule has 1 aromatic carbocycles. The van der Waals surface area contributed by atoms with E-state index in [1.807, 2.05) is 0 Å². The first-order valence-corrected chi connectivity index (χ1v) is 7.73. The molecule has 0 saturated carbocycles. The number of thiazole rings is 1. The molecule has 0 aliphatic rings. The van der Waals surface area contributed by atoms with Crippen LogP contribution in [0.15, 0.2) is 28.7 Å². The lowest BCUT2D eigenvalue weighted by Gasteiger charge is -2.02. The molecule has 0 atom stereocenters. The number of carbonyl (C=O) groups is 1. The molecule has 23 heavy (non-hydrogen) atoms. The van der Waals surface area contributed by atoms with Gasteiger partial charge in [0.05, 0.1) is 32.0 Å². The average molecular weight is 337 g/mol. The third-order valence-electron chi connectivity index (χ3n) is 2.73. The van der Waals surface area contributed by atoms with Gasteiger partial charge in [-0.05, 0) is 24.6 Å². The third kappa shape index (κ3) is 5.03. The van der Waals surface area contributed by atoms with Gasteiger partial charge in [-0.3, -0.25) is 10.2 Å². The fourth-order valence-corrected chi connectivity index (χ4v) is 2.38. The number of anilines is 1. The fourth-order valence-electron chi connectivity index (χ4n) is 1.72. The number of hydrazone groups is 1. The molecule has 0 radical (unpaired) electrons. The maximum absolute atomic E-state index is 13.3. The van der Waals surface area contributed by atoms with Crippen LogP contribution in [0.25, 0.3) is 0 Å². The van der Waals surface area contributed by atoms with Gasteiger partial charge in [-0.1, -0.05) is 6.07 Å². The summed E-state index contributed by atoms with van der Waals surface area (Å²) in [6.07, 6.45) is 1.65. The number of hydrogen-bond donors (Lipinski definition) is 1. The van der Waals surface area contributed by atoms with Gasteiger partial charge in [-0.15, -0.1) is 11.3 Å². The van der Waals surface area contributed by atoms with Crippen molar-refractivity contribution in [3.8, 4) is 5.75 Å². The Morgan fingerprint density at radius 2 is 2.35 bits per heavy atom. The number of nitrogens with zero attached hydrogens (tertiary/aromatic N) is 2. The molecule has 0 amide bonds. The summed E-state index contributed by atoms with van der Waals surface area (Å²) < 4.78 is 23.0. The smallest absolute Gasteiger partial charge is 0.311 e. The fraction of sp³-hybridized carbons (Fsp3) is 0.267. The molecule has 1 heterocycles. The average Bonchev–Trinajstić information content (AvgIpc) is 2.96. The van der Waals surface area contributed by atoms with E-state index in [0.717, 1.165) is 0 Å². The lowest BCUT2D eigenvalue weighted by Crippen LogP contribution is -2.07. The first-order valence-electron chi connectivity index (χ1n) is 6.85. The quantitative estimate of drug-likeness (QED) is 0.478. The van der Waals surface area contributed by atoms with Gasteiger partial charge in [0, 0.05) is 5.38 Å². The molecule has 1 N–H and O–H groups in total. The number of aromatic nitrogens is 1. The number of rotatable bonds is 7. The third-order valence-corrected chi connectivity index (χ3v) is 3.53. The molecular formula is C15H16FN3O3S. The van der Waals surface area contributed by atoms with Crippen LogP contribution in [0.5, 0.6) is 5.75 Å². The van der Waals surface area contributed by atoms with Gasteiger partial charge >= 0.3 is 5.97 Å². The number of esters is 1. The van der Waals surface area contributed by atoms with Crippen molar-refractivity contribution in [1.82, 2.24) is 4.98 Å². The Morgan fingerprint density at radius 3 is 3.09 bits per heavy atom. The minimum atomic E-state index is -0.430. The Labute approximate surface area is 137 Å². The van der Waals surface area contributed by atoms with Crippen LogP contribution in [0.3, 0.4) is 0 Å². The zero-order chi connectivity index (χ0) is 16.7. The molecular weight excluding hydrogens is 321 g/mol. The molecule has 0 aliphatic carbocycles. The number of methoxy groups -OCH3 is 1. The number of hydrogen-bond acceptors (Lipinski definition) is 7. The predicted octanol–water partition coefficient (Wildman–Crippen LogP) is 2.84. The van der Waals surface area contributed by atoms with Crippen LogP contribution in [0.2, 0.25) is 0 Å². The molecule has 122 valence electrons. The van der Waals surface area contributed by atoms with Crippen molar-refractivity contribution in [2.24, 2.45) is 5.10 Å². The monoisotopic (exact) mass is 337 g/mol. The van der Waals surface area contributed by atoms with Crippen molar-refractivity contribution in [1.29, 1.82) is 0 Å². The van der Waals surface area contributed by atoms with Gasteiger partial charge in [-0.25, -0.2) is 9.37 Å². The molecule has 0 fully saturated rings. The topological polar surface area (TPSA) is 72.8 Å². The van der Waals surface area contributed by atoms with Gasteiger partial charge in [0.25, 0.3) is 0 Å². The summed E-state index contributed by atoms with van der Waals surface area (Å²) in [5.41, 5.74) is 4.06. The van der Waals surface area contributed by atoms with E-state index in [0.29, 0.717) is 23.0 Å². The van der Waals surface area contributed by atoms with Gasteiger partial charge in [0.2, 0.25) is 5.13 Å². The van der Waals surface area contributed by atoms with E-state index >= 15 is 0 Å². The second-order valence-corrected chi connectivity index (χ2v) is 5.25. The number of nitrogens with one attached hydrogen (secondary N) is 1. The van der Waals surface area contributed by atoms with Crippen LogP contribution in [-0.2, 0) is 16.0 Å². The van der Waals surface area contributed by atoms with Crippen LogP contribution in [0.4, 0.5) is 9.52 Å². The largest absolute Gasteiger partial charge is 0.494 e. The minimum absolute atomic E-state index is 0.130. The van der Waals surface area contributed by atoms with Crippen LogP contribution in [0, 0.1) is 5.82 Å². The van der Waals surface area contributed by atoms with E-state index in [2.05, 4.69) is 15.5 Å². The Balaban J connectivity index is 1.93. The summed E-state index contributed by atoms with van der Waals surface area (Å²) in [7, 11) is 1.40. The molecule has 0 spiro atoms. The molecule has 0 saturated heterocycles. The standard InChI is InChI=1S/C15H16FN3O3S/c1-3-22-14(20)7-11-9-23-15(18-11)19-17-8-10-4-5-12(16)13(6-10)21-2/h4-6,8-9H,3,7H2,1-2H3,(H,18,19). The second kappa shape index (κ2) is 8.23. The van der Waals surface area contributed by atoms with E-state index in [4.69, 9.17) is 9.47 Å². The van der Waals surface area contributed by atoms with Crippen LogP contribution in [0.1, 0.15) is 18.2 Å². The minimum Gasteiger partial charge on any atom is -0.494 e. The van der Waals surface area contributed by atoms with Crippen molar-refractivity contribution in [3.05, 3.63) is 40.7 Å². The van der Waals surface area contributed by atoms with Crippen molar-refractivity contribution >= 4 is 28.7 Å². The van der Waals surface area contributed by atoms with E-state index in [-0.39, 0.29) is 18.1 Å². The first-order chi connectivity index (χ1) is 11.1. The highest BCUT2D eigenvalue weighted by Gasteiger charge is 2.08. The lowest BCUT2D eigenvalue weighted by atomic mass is 10.2. The summed E-state index contributed by atoms with van der Waals surface area (Å²) in [4.78, 5) is 15.6. The number of halogens is 1. The van der Waals surface area contributed by atoms with Gasteiger partial charge in [0.15, 0.2) is 11.6 Å². The molecule has 2 rings (SSSR count). The van der Waals surface area contributed by atoms with E-state index in [9.17, 15) is 9.18 Å². The summed E-state index contributed by atoms with van der Waals surface area (Å²) in [6.45, 7) is 2.10.